The molecule has 0 saturated carbocycles. The molecule has 0 spiro atoms. The lowest BCUT2D eigenvalue weighted by molar-refractivity contribution is -0.128. The predicted octanol–water partition coefficient (Wildman–Crippen LogP) is 3.11. The van der Waals surface area contributed by atoms with Crippen molar-refractivity contribution < 1.29 is 4.79 Å². The van der Waals surface area contributed by atoms with Crippen molar-refractivity contribution in [1.29, 1.82) is 0 Å². The first-order valence-electron chi connectivity index (χ1n) is 6.84. The van der Waals surface area contributed by atoms with Crippen LogP contribution in [0.1, 0.15) is 18.9 Å². The van der Waals surface area contributed by atoms with Crippen LogP contribution >= 0.6 is 11.6 Å². The number of nitrogens with zero attached hydrogens (tertiary/aromatic N) is 2. The lowest BCUT2D eigenvalue weighted by Gasteiger charge is -2.26. The van der Waals surface area contributed by atoms with Crippen LogP contribution in [0.4, 0.5) is 5.82 Å². The molecule has 0 unspecified atom stereocenters. The summed E-state index contributed by atoms with van der Waals surface area (Å²) in [4.78, 5) is 17.3. The van der Waals surface area contributed by atoms with Gasteiger partial charge in [-0.05, 0) is 41.1 Å². The Kier molecular flexibility index (Phi) is 3.55. The number of nitrogens with two attached hydrogens (primary N) is 1. The summed E-state index contributed by atoms with van der Waals surface area (Å²) in [6.45, 7) is 2.96. The first-order valence-corrected chi connectivity index (χ1v) is 7.22. The fourth-order valence-corrected chi connectivity index (χ4v) is 2.92. The molecule has 108 valence electrons. The van der Waals surface area contributed by atoms with Crippen molar-refractivity contribution in [1.82, 2.24) is 9.88 Å². The second kappa shape index (κ2) is 5.37. The van der Waals surface area contributed by atoms with E-state index in [9.17, 15) is 4.79 Å². The average molecular weight is 302 g/mol. The lowest BCUT2D eigenvalue weighted by atomic mass is 9.97. The molecule has 1 amide bonds. The van der Waals surface area contributed by atoms with E-state index >= 15 is 0 Å². The molecule has 21 heavy (non-hydrogen) atoms. The van der Waals surface area contributed by atoms with Crippen LogP contribution in [0.2, 0.25) is 5.02 Å². The maximum Gasteiger partial charge on any atom is 0.219 e. The van der Waals surface area contributed by atoms with E-state index < -0.39 is 0 Å². The molecule has 0 bridgehead atoms. The Morgan fingerprint density at radius 2 is 2.14 bits per heavy atom. The van der Waals surface area contributed by atoms with E-state index in [0.717, 1.165) is 29.3 Å². The minimum Gasteiger partial charge on any atom is -0.384 e. The largest absolute Gasteiger partial charge is 0.384 e. The molecule has 5 heteroatoms. The maximum atomic E-state index is 11.4. The summed E-state index contributed by atoms with van der Waals surface area (Å²) in [5.41, 5.74) is 7.93. The standard InChI is InChI=1S/C16H16ClN3O/c1-10(21)20-4-2-11(3-5-20)14-6-12-8-16(18)19-9-13(12)7-15(14)17/h2,6-9H,3-5H2,1H3,(H2,18,19). The van der Waals surface area contributed by atoms with Crippen LogP contribution in [0.5, 0.6) is 0 Å². The van der Waals surface area contributed by atoms with E-state index in [1.165, 1.54) is 5.57 Å². The molecule has 0 saturated heterocycles. The Bertz CT molecular complexity index is 755. The number of halogens is 1. The van der Waals surface area contributed by atoms with Crippen molar-refractivity contribution >= 4 is 39.7 Å². The van der Waals surface area contributed by atoms with Crippen molar-refractivity contribution in [2.45, 2.75) is 13.3 Å². The number of amides is 1. The average Bonchev–Trinajstić information content (AvgIpc) is 2.47. The molecular formula is C16H16ClN3O. The molecule has 1 aromatic heterocycles. The minimum absolute atomic E-state index is 0.105. The molecule has 2 N–H and O–H groups in total. The number of carbonyl (C=O) groups excluding carboxylic acids is 1. The van der Waals surface area contributed by atoms with Crippen LogP contribution in [0.3, 0.4) is 0 Å². The van der Waals surface area contributed by atoms with E-state index in [4.69, 9.17) is 17.3 Å². The van der Waals surface area contributed by atoms with Crippen LogP contribution in [0, 0.1) is 0 Å². The van der Waals surface area contributed by atoms with Crippen LogP contribution in [0.15, 0.2) is 30.5 Å². The first-order chi connectivity index (χ1) is 10.0. The van der Waals surface area contributed by atoms with Gasteiger partial charge in [-0.15, -0.1) is 0 Å². The van der Waals surface area contributed by atoms with Crippen molar-refractivity contribution in [2.75, 3.05) is 18.8 Å². The predicted molar refractivity (Wildman–Crippen MR) is 86.0 cm³/mol. The second-order valence-electron chi connectivity index (χ2n) is 5.23. The first kappa shape index (κ1) is 13.9. The van der Waals surface area contributed by atoms with Gasteiger partial charge in [-0.25, -0.2) is 4.98 Å². The Morgan fingerprint density at radius 1 is 1.33 bits per heavy atom. The highest BCUT2D eigenvalue weighted by Gasteiger charge is 2.17. The van der Waals surface area contributed by atoms with Gasteiger partial charge in [0.05, 0.1) is 0 Å². The summed E-state index contributed by atoms with van der Waals surface area (Å²) in [5, 5.41) is 2.70. The third-order valence-corrected chi connectivity index (χ3v) is 4.14. The number of hydrogen-bond donors (Lipinski definition) is 1. The molecule has 3 rings (SSSR count). The molecule has 0 aliphatic carbocycles. The van der Waals surface area contributed by atoms with Crippen LogP contribution in [-0.2, 0) is 4.79 Å². The monoisotopic (exact) mass is 301 g/mol. The molecule has 0 fully saturated rings. The number of hydrogen-bond acceptors (Lipinski definition) is 3. The van der Waals surface area contributed by atoms with E-state index in [0.29, 0.717) is 17.4 Å². The maximum absolute atomic E-state index is 11.4. The van der Waals surface area contributed by atoms with Crippen LogP contribution < -0.4 is 5.73 Å². The van der Waals surface area contributed by atoms with Crippen LogP contribution in [-0.4, -0.2) is 28.9 Å². The topological polar surface area (TPSA) is 59.2 Å². The highest BCUT2D eigenvalue weighted by atomic mass is 35.5. The molecule has 4 nitrogen and oxygen atoms in total. The number of nitrogen functional groups attached to an aromatic ring is 1. The zero-order chi connectivity index (χ0) is 15.0. The number of aromatic nitrogens is 1. The third-order valence-electron chi connectivity index (χ3n) is 3.83. The summed E-state index contributed by atoms with van der Waals surface area (Å²) in [6.07, 6.45) is 4.61. The molecule has 1 aromatic carbocycles. The van der Waals surface area contributed by atoms with Gasteiger partial charge in [0.15, 0.2) is 0 Å². The summed E-state index contributed by atoms with van der Waals surface area (Å²) in [7, 11) is 0. The highest BCUT2D eigenvalue weighted by Crippen LogP contribution is 2.32. The molecule has 2 heterocycles. The molecular weight excluding hydrogens is 286 g/mol. The zero-order valence-corrected chi connectivity index (χ0v) is 12.5. The minimum atomic E-state index is 0.105. The quantitative estimate of drug-likeness (QED) is 0.880. The van der Waals surface area contributed by atoms with Gasteiger partial charge < -0.3 is 10.6 Å². The number of pyridine rings is 1. The van der Waals surface area contributed by atoms with Crippen molar-refractivity contribution in [3.05, 3.63) is 41.1 Å². The van der Waals surface area contributed by atoms with E-state index in [-0.39, 0.29) is 5.91 Å². The fraction of sp³-hybridized carbons (Fsp3) is 0.250. The van der Waals surface area contributed by atoms with Gasteiger partial charge in [0.2, 0.25) is 5.91 Å². The number of carbonyl (C=O) groups is 1. The summed E-state index contributed by atoms with van der Waals surface area (Å²) in [6, 6.07) is 5.81. The molecule has 0 radical (unpaired) electrons. The van der Waals surface area contributed by atoms with Crippen molar-refractivity contribution in [2.24, 2.45) is 0 Å². The zero-order valence-electron chi connectivity index (χ0n) is 11.8. The second-order valence-corrected chi connectivity index (χ2v) is 5.64. The Hall–Kier alpha value is -2.07. The normalized spacial score (nSPS) is 15.1. The van der Waals surface area contributed by atoms with E-state index in [1.54, 1.807) is 13.1 Å². The summed E-state index contributed by atoms with van der Waals surface area (Å²) >= 11 is 6.39. The molecule has 1 aliphatic rings. The van der Waals surface area contributed by atoms with E-state index in [2.05, 4.69) is 11.1 Å². The third kappa shape index (κ3) is 2.72. The smallest absolute Gasteiger partial charge is 0.219 e. The molecule has 2 aromatic rings. The number of benzene rings is 1. The van der Waals surface area contributed by atoms with Gasteiger partial charge in [0.25, 0.3) is 0 Å². The highest BCUT2D eigenvalue weighted by molar-refractivity contribution is 6.33. The fourth-order valence-electron chi connectivity index (χ4n) is 2.63. The van der Waals surface area contributed by atoms with Gasteiger partial charge in [0, 0.05) is 36.6 Å². The SMILES string of the molecule is CC(=O)N1CC=C(c2cc3cc(N)ncc3cc2Cl)CC1. The van der Waals surface area contributed by atoms with Crippen molar-refractivity contribution in [3.8, 4) is 0 Å². The van der Waals surface area contributed by atoms with Gasteiger partial charge in [0.1, 0.15) is 5.82 Å². The summed E-state index contributed by atoms with van der Waals surface area (Å²) in [5.74, 6) is 0.602. The Labute approximate surface area is 128 Å². The van der Waals surface area contributed by atoms with Crippen LogP contribution in [0.25, 0.3) is 16.3 Å². The van der Waals surface area contributed by atoms with Gasteiger partial charge >= 0.3 is 0 Å². The Balaban J connectivity index is 2.01. The van der Waals surface area contributed by atoms with Crippen molar-refractivity contribution in [3.63, 3.8) is 0 Å². The summed E-state index contributed by atoms with van der Waals surface area (Å²) < 4.78 is 0. The number of anilines is 1. The van der Waals surface area contributed by atoms with E-state index in [1.807, 2.05) is 23.1 Å². The number of rotatable bonds is 1. The van der Waals surface area contributed by atoms with Gasteiger partial charge in [-0.3, -0.25) is 4.79 Å². The molecule has 0 atom stereocenters. The number of fused-ring (bicyclic) bond motifs is 1. The Morgan fingerprint density at radius 3 is 2.81 bits per heavy atom. The van der Waals surface area contributed by atoms with Gasteiger partial charge in [-0.2, -0.15) is 0 Å². The lowest BCUT2D eigenvalue weighted by Crippen LogP contribution is -2.32. The molecule has 1 aliphatic heterocycles. The van der Waals surface area contributed by atoms with Gasteiger partial charge in [-0.1, -0.05) is 17.7 Å².